The predicted molar refractivity (Wildman–Crippen MR) is 91.6 cm³/mol. The van der Waals surface area contributed by atoms with Gasteiger partial charge < -0.3 is 10.1 Å². The molecule has 25 heavy (non-hydrogen) atoms. The number of fused-ring (bicyclic) bond motifs is 1. The molecule has 3 aromatic rings. The van der Waals surface area contributed by atoms with Crippen molar-refractivity contribution in [1.82, 2.24) is 9.78 Å². The lowest BCUT2D eigenvalue weighted by molar-refractivity contribution is -0.138. The van der Waals surface area contributed by atoms with Crippen molar-refractivity contribution in [1.29, 1.82) is 0 Å². The van der Waals surface area contributed by atoms with Gasteiger partial charge in [0.05, 0.1) is 11.6 Å². The van der Waals surface area contributed by atoms with Gasteiger partial charge in [-0.15, -0.1) is 0 Å². The predicted octanol–water partition coefficient (Wildman–Crippen LogP) is 2.90. The maximum Gasteiger partial charge on any atom is 0.319 e. The molecule has 4 rings (SSSR count). The zero-order valence-electron chi connectivity index (χ0n) is 13.3. The molecule has 1 aliphatic heterocycles. The first kappa shape index (κ1) is 15.1. The van der Waals surface area contributed by atoms with Crippen LogP contribution in [-0.2, 0) is 9.59 Å². The highest BCUT2D eigenvalue weighted by atomic mass is 16.5. The lowest BCUT2D eigenvalue weighted by Gasteiger charge is -2.24. The molecule has 2 aromatic carbocycles. The van der Waals surface area contributed by atoms with Crippen LogP contribution >= 0.6 is 0 Å². The van der Waals surface area contributed by atoms with E-state index in [2.05, 4.69) is 10.4 Å². The zero-order valence-corrected chi connectivity index (χ0v) is 13.3. The lowest BCUT2D eigenvalue weighted by atomic mass is 9.91. The summed E-state index contributed by atoms with van der Waals surface area (Å²) in [5.74, 6) is -0.788. The van der Waals surface area contributed by atoms with Gasteiger partial charge in [-0.1, -0.05) is 18.2 Å². The number of hydrogen-bond acceptors (Lipinski definition) is 4. The highest BCUT2D eigenvalue weighted by Gasteiger charge is 2.31. The Kier molecular flexibility index (Phi) is 3.78. The highest BCUT2D eigenvalue weighted by Crippen LogP contribution is 2.33. The summed E-state index contributed by atoms with van der Waals surface area (Å²) in [7, 11) is 0. The normalized spacial score (nSPS) is 16.0. The number of anilines is 1. The summed E-state index contributed by atoms with van der Waals surface area (Å²) in [5.41, 5.74) is 2.31. The van der Waals surface area contributed by atoms with Crippen LogP contribution in [0.25, 0.3) is 5.69 Å². The molecule has 0 bridgehead atoms. The van der Waals surface area contributed by atoms with Crippen LogP contribution in [0.4, 0.5) is 5.69 Å². The van der Waals surface area contributed by atoms with Crippen molar-refractivity contribution < 1.29 is 14.3 Å². The molecule has 1 aliphatic rings. The van der Waals surface area contributed by atoms with Crippen LogP contribution in [0.5, 0.6) is 5.75 Å². The summed E-state index contributed by atoms with van der Waals surface area (Å²) in [5, 5.41) is 6.92. The third-order valence-electron chi connectivity index (χ3n) is 4.11. The summed E-state index contributed by atoms with van der Waals surface area (Å²) < 4.78 is 7.20. The molecule has 0 aliphatic carbocycles. The fourth-order valence-electron chi connectivity index (χ4n) is 2.90. The number of para-hydroxylation sites is 1. The van der Waals surface area contributed by atoms with E-state index in [0.717, 1.165) is 11.3 Å². The van der Waals surface area contributed by atoms with Gasteiger partial charge in [-0.25, -0.2) is 4.68 Å². The summed E-state index contributed by atoms with van der Waals surface area (Å²) in [6, 6.07) is 16.2. The van der Waals surface area contributed by atoms with Crippen molar-refractivity contribution in [2.75, 3.05) is 5.32 Å². The monoisotopic (exact) mass is 333 g/mol. The third kappa shape index (κ3) is 3.01. The van der Waals surface area contributed by atoms with Gasteiger partial charge in [-0.3, -0.25) is 9.59 Å². The van der Waals surface area contributed by atoms with Gasteiger partial charge in [0, 0.05) is 24.5 Å². The smallest absolute Gasteiger partial charge is 0.319 e. The molecule has 1 aromatic heterocycles. The summed E-state index contributed by atoms with van der Waals surface area (Å²) in [4.78, 5) is 24.4. The Morgan fingerprint density at radius 3 is 2.68 bits per heavy atom. The largest absolute Gasteiger partial charge is 0.426 e. The number of nitrogens with one attached hydrogen (secondary N) is 1. The topological polar surface area (TPSA) is 73.2 Å². The second-order valence-corrected chi connectivity index (χ2v) is 5.76. The van der Waals surface area contributed by atoms with E-state index in [1.54, 1.807) is 29.1 Å². The SMILES string of the molecule is O=C1C[C@H](C(=O)Oc2ccc(-n3cccn3)cc2)c2ccccc2N1. The van der Waals surface area contributed by atoms with Crippen molar-refractivity contribution in [2.24, 2.45) is 0 Å². The second kappa shape index (κ2) is 6.24. The highest BCUT2D eigenvalue weighted by molar-refractivity contribution is 6.00. The Hall–Kier alpha value is -3.41. The van der Waals surface area contributed by atoms with Crippen molar-refractivity contribution >= 4 is 17.6 Å². The molecule has 2 heterocycles. The van der Waals surface area contributed by atoms with E-state index in [1.807, 2.05) is 42.6 Å². The molecular formula is C19H15N3O3. The van der Waals surface area contributed by atoms with Crippen LogP contribution < -0.4 is 10.1 Å². The third-order valence-corrected chi connectivity index (χ3v) is 4.11. The number of nitrogens with zero attached hydrogens (tertiary/aromatic N) is 2. The maximum atomic E-state index is 12.6. The van der Waals surface area contributed by atoms with Gasteiger partial charge in [-0.05, 0) is 42.0 Å². The van der Waals surface area contributed by atoms with Gasteiger partial charge >= 0.3 is 5.97 Å². The van der Waals surface area contributed by atoms with Crippen LogP contribution in [0.1, 0.15) is 17.9 Å². The number of rotatable bonds is 3. The molecule has 0 fully saturated rings. The molecule has 1 N–H and O–H groups in total. The summed E-state index contributed by atoms with van der Waals surface area (Å²) in [6.45, 7) is 0. The Morgan fingerprint density at radius 2 is 1.92 bits per heavy atom. The van der Waals surface area contributed by atoms with E-state index in [-0.39, 0.29) is 12.3 Å². The van der Waals surface area contributed by atoms with E-state index in [9.17, 15) is 9.59 Å². The number of aromatic nitrogens is 2. The second-order valence-electron chi connectivity index (χ2n) is 5.76. The Labute approximate surface area is 144 Å². The molecule has 0 saturated heterocycles. The Bertz CT molecular complexity index is 917. The quantitative estimate of drug-likeness (QED) is 0.591. The van der Waals surface area contributed by atoms with E-state index in [0.29, 0.717) is 11.4 Å². The number of amides is 1. The Morgan fingerprint density at radius 1 is 1.12 bits per heavy atom. The van der Waals surface area contributed by atoms with E-state index in [4.69, 9.17) is 4.74 Å². The van der Waals surface area contributed by atoms with Crippen LogP contribution in [-0.4, -0.2) is 21.7 Å². The van der Waals surface area contributed by atoms with Gasteiger partial charge in [0.2, 0.25) is 5.91 Å². The van der Waals surface area contributed by atoms with E-state index >= 15 is 0 Å². The van der Waals surface area contributed by atoms with Gasteiger partial charge in [0.1, 0.15) is 5.75 Å². The average molecular weight is 333 g/mol. The van der Waals surface area contributed by atoms with Crippen molar-refractivity contribution in [3.63, 3.8) is 0 Å². The first-order valence-corrected chi connectivity index (χ1v) is 7.91. The number of carbonyl (C=O) groups is 2. The molecule has 1 amide bonds. The van der Waals surface area contributed by atoms with Crippen LogP contribution in [0.2, 0.25) is 0 Å². The summed E-state index contributed by atoms with van der Waals surface area (Å²) >= 11 is 0. The van der Waals surface area contributed by atoms with Crippen LogP contribution in [0.3, 0.4) is 0 Å². The van der Waals surface area contributed by atoms with Gasteiger partial charge in [0.15, 0.2) is 0 Å². The first-order valence-electron chi connectivity index (χ1n) is 7.91. The average Bonchev–Trinajstić information content (AvgIpc) is 3.16. The van der Waals surface area contributed by atoms with Gasteiger partial charge in [-0.2, -0.15) is 5.10 Å². The molecule has 0 saturated carbocycles. The molecule has 1 atom stereocenters. The Balaban J connectivity index is 1.53. The number of esters is 1. The standard InChI is InChI=1S/C19H15N3O3/c23-18-12-16(15-4-1-2-5-17(15)21-18)19(24)25-14-8-6-13(7-9-14)22-11-3-10-20-22/h1-11,16H,12H2,(H,21,23)/t16-/m0/s1. The molecule has 124 valence electrons. The fourth-order valence-corrected chi connectivity index (χ4v) is 2.90. The minimum Gasteiger partial charge on any atom is -0.426 e. The van der Waals surface area contributed by atoms with Crippen molar-refractivity contribution in [3.8, 4) is 11.4 Å². The zero-order chi connectivity index (χ0) is 17.2. The summed E-state index contributed by atoms with van der Waals surface area (Å²) in [6.07, 6.45) is 3.61. The van der Waals surface area contributed by atoms with E-state index in [1.165, 1.54) is 0 Å². The minimum atomic E-state index is -0.601. The molecule has 0 spiro atoms. The number of hydrogen-bond donors (Lipinski definition) is 1. The number of carbonyl (C=O) groups excluding carboxylic acids is 2. The lowest BCUT2D eigenvalue weighted by Crippen LogP contribution is -2.29. The van der Waals surface area contributed by atoms with Crippen LogP contribution in [0, 0.1) is 0 Å². The molecular weight excluding hydrogens is 318 g/mol. The maximum absolute atomic E-state index is 12.6. The number of ether oxygens (including phenoxy) is 1. The van der Waals surface area contributed by atoms with Crippen molar-refractivity contribution in [2.45, 2.75) is 12.3 Å². The van der Waals surface area contributed by atoms with Gasteiger partial charge in [0.25, 0.3) is 0 Å². The fraction of sp³-hybridized carbons (Fsp3) is 0.105. The first-order chi connectivity index (χ1) is 12.2. The molecule has 0 unspecified atom stereocenters. The van der Waals surface area contributed by atoms with Crippen molar-refractivity contribution in [3.05, 3.63) is 72.6 Å². The molecule has 6 heteroatoms. The molecule has 0 radical (unpaired) electrons. The van der Waals surface area contributed by atoms with E-state index < -0.39 is 11.9 Å². The molecule has 6 nitrogen and oxygen atoms in total. The van der Waals surface area contributed by atoms with Crippen LogP contribution in [0.15, 0.2) is 67.0 Å². The minimum absolute atomic E-state index is 0.0845. The number of benzene rings is 2.